The van der Waals surface area contributed by atoms with Gasteiger partial charge in [0.05, 0.1) is 24.4 Å². The van der Waals surface area contributed by atoms with Crippen molar-refractivity contribution in [2.45, 2.75) is 12.0 Å². The summed E-state index contributed by atoms with van der Waals surface area (Å²) in [5, 5.41) is 18.0. The molecule has 0 saturated carbocycles. The van der Waals surface area contributed by atoms with Crippen LogP contribution in [0.1, 0.15) is 23.3 Å². The van der Waals surface area contributed by atoms with E-state index in [1.165, 1.54) is 0 Å². The van der Waals surface area contributed by atoms with Crippen LogP contribution in [0.4, 0.5) is 0 Å². The van der Waals surface area contributed by atoms with E-state index in [9.17, 15) is 5.11 Å². The fourth-order valence-electron chi connectivity index (χ4n) is 2.22. The Bertz CT molecular complexity index is 538. The Morgan fingerprint density at radius 1 is 1.47 bits per heavy atom. The summed E-state index contributed by atoms with van der Waals surface area (Å²) in [4.78, 5) is 0. The fourth-order valence-corrected chi connectivity index (χ4v) is 2.22. The molecule has 1 aromatic carbocycles. The zero-order valence-electron chi connectivity index (χ0n) is 9.45. The number of ether oxygens (including phenoxy) is 1. The van der Waals surface area contributed by atoms with Gasteiger partial charge in [-0.15, -0.1) is 5.10 Å². The Morgan fingerprint density at radius 3 is 3.06 bits per heavy atom. The van der Waals surface area contributed by atoms with Crippen LogP contribution in [-0.2, 0) is 7.05 Å². The van der Waals surface area contributed by atoms with Gasteiger partial charge in [0.2, 0.25) is 0 Å². The molecule has 88 valence electrons. The topological polar surface area (TPSA) is 60.2 Å². The highest BCUT2D eigenvalue weighted by molar-refractivity contribution is 5.40. The molecule has 0 bridgehead atoms. The molecule has 5 heteroatoms. The number of aromatic nitrogens is 3. The van der Waals surface area contributed by atoms with E-state index in [0.717, 1.165) is 11.3 Å². The number of benzene rings is 1. The van der Waals surface area contributed by atoms with E-state index in [1.807, 2.05) is 24.3 Å². The van der Waals surface area contributed by atoms with Gasteiger partial charge in [-0.05, 0) is 6.07 Å². The summed E-state index contributed by atoms with van der Waals surface area (Å²) in [6.07, 6.45) is 0.949. The van der Waals surface area contributed by atoms with Crippen molar-refractivity contribution in [2.24, 2.45) is 7.05 Å². The summed E-state index contributed by atoms with van der Waals surface area (Å²) in [6.45, 7) is 0.492. The molecular weight excluding hydrogens is 218 g/mol. The first-order chi connectivity index (χ1) is 8.27. The molecule has 0 amide bonds. The van der Waals surface area contributed by atoms with Crippen molar-refractivity contribution >= 4 is 0 Å². The maximum Gasteiger partial charge on any atom is 0.123 e. The molecule has 5 nitrogen and oxygen atoms in total. The molecular formula is C12H13N3O2. The molecule has 2 aromatic rings. The maximum atomic E-state index is 10.4. The van der Waals surface area contributed by atoms with Gasteiger partial charge in [0.25, 0.3) is 0 Å². The summed E-state index contributed by atoms with van der Waals surface area (Å²) < 4.78 is 7.15. The van der Waals surface area contributed by atoms with E-state index < -0.39 is 6.10 Å². The van der Waals surface area contributed by atoms with Crippen LogP contribution in [0.15, 0.2) is 30.5 Å². The quantitative estimate of drug-likeness (QED) is 0.838. The number of para-hydroxylation sites is 1. The minimum Gasteiger partial charge on any atom is -0.493 e. The van der Waals surface area contributed by atoms with E-state index in [0.29, 0.717) is 12.3 Å². The smallest absolute Gasteiger partial charge is 0.123 e. The molecule has 0 aliphatic carbocycles. The second kappa shape index (κ2) is 3.85. The minimum absolute atomic E-state index is 0.0524. The summed E-state index contributed by atoms with van der Waals surface area (Å²) >= 11 is 0. The maximum absolute atomic E-state index is 10.4. The van der Waals surface area contributed by atoms with E-state index >= 15 is 0 Å². The van der Waals surface area contributed by atoms with Crippen molar-refractivity contribution in [3.63, 3.8) is 0 Å². The molecule has 17 heavy (non-hydrogen) atoms. The van der Waals surface area contributed by atoms with Crippen molar-refractivity contribution in [3.05, 3.63) is 41.7 Å². The number of aliphatic hydroxyl groups is 1. The molecule has 0 spiro atoms. The second-order valence-electron chi connectivity index (χ2n) is 4.18. The van der Waals surface area contributed by atoms with E-state index in [-0.39, 0.29) is 5.92 Å². The first-order valence-corrected chi connectivity index (χ1v) is 5.51. The largest absolute Gasteiger partial charge is 0.493 e. The van der Waals surface area contributed by atoms with Gasteiger partial charge in [0.15, 0.2) is 0 Å². The highest BCUT2D eigenvalue weighted by Gasteiger charge is 2.32. The Hall–Kier alpha value is -1.88. The third-order valence-corrected chi connectivity index (χ3v) is 3.17. The van der Waals surface area contributed by atoms with Crippen LogP contribution in [-0.4, -0.2) is 26.7 Å². The summed E-state index contributed by atoms with van der Waals surface area (Å²) in [6, 6.07) is 7.79. The van der Waals surface area contributed by atoms with Crippen molar-refractivity contribution < 1.29 is 9.84 Å². The molecule has 2 atom stereocenters. The Morgan fingerprint density at radius 2 is 2.29 bits per heavy atom. The average molecular weight is 231 g/mol. The lowest BCUT2D eigenvalue weighted by atomic mass is 9.94. The van der Waals surface area contributed by atoms with Gasteiger partial charge in [-0.25, -0.2) is 4.68 Å². The highest BCUT2D eigenvalue weighted by atomic mass is 16.5. The van der Waals surface area contributed by atoms with E-state index in [1.54, 1.807) is 17.9 Å². The normalized spacial score (nSPS) is 19.8. The molecule has 1 aliphatic heterocycles. The minimum atomic E-state index is -0.640. The lowest BCUT2D eigenvalue weighted by molar-refractivity contribution is 0.122. The Balaban J connectivity index is 1.95. The predicted molar refractivity (Wildman–Crippen MR) is 60.6 cm³/mol. The van der Waals surface area contributed by atoms with Crippen LogP contribution in [0.3, 0.4) is 0 Å². The average Bonchev–Trinajstić information content (AvgIpc) is 2.94. The number of hydrogen-bond donors (Lipinski definition) is 1. The van der Waals surface area contributed by atoms with Gasteiger partial charge in [-0.3, -0.25) is 0 Å². The number of fused-ring (bicyclic) bond motifs is 1. The van der Waals surface area contributed by atoms with Gasteiger partial charge in [0.1, 0.15) is 11.9 Å². The zero-order chi connectivity index (χ0) is 11.8. The molecule has 0 saturated heterocycles. The van der Waals surface area contributed by atoms with Gasteiger partial charge in [-0.2, -0.15) is 0 Å². The Kier molecular flexibility index (Phi) is 2.33. The molecule has 0 fully saturated rings. The van der Waals surface area contributed by atoms with E-state index in [4.69, 9.17) is 4.74 Å². The second-order valence-corrected chi connectivity index (χ2v) is 4.18. The Labute approximate surface area is 98.6 Å². The third-order valence-electron chi connectivity index (χ3n) is 3.17. The predicted octanol–water partition coefficient (Wildman–Crippen LogP) is 1.02. The molecule has 1 aromatic heterocycles. The SMILES string of the molecule is Cn1nncc1C(O)C1COc2ccccc21. The molecule has 3 rings (SSSR count). The molecule has 2 heterocycles. The summed E-state index contributed by atoms with van der Waals surface area (Å²) in [7, 11) is 1.77. The van der Waals surface area contributed by atoms with Crippen LogP contribution >= 0.6 is 0 Å². The summed E-state index contributed by atoms with van der Waals surface area (Å²) in [5.41, 5.74) is 1.75. The lowest BCUT2D eigenvalue weighted by Crippen LogP contribution is -2.15. The lowest BCUT2D eigenvalue weighted by Gasteiger charge is -2.16. The third kappa shape index (κ3) is 1.59. The number of rotatable bonds is 2. The summed E-state index contributed by atoms with van der Waals surface area (Å²) in [5.74, 6) is 0.801. The highest BCUT2D eigenvalue weighted by Crippen LogP contribution is 2.40. The van der Waals surface area contributed by atoms with Gasteiger partial charge in [-0.1, -0.05) is 23.4 Å². The van der Waals surface area contributed by atoms with Crippen LogP contribution in [0.5, 0.6) is 5.75 Å². The van der Waals surface area contributed by atoms with Crippen molar-refractivity contribution in [2.75, 3.05) is 6.61 Å². The standard InChI is InChI=1S/C12H13N3O2/c1-15-10(6-13-14-15)12(16)9-7-17-11-5-3-2-4-8(9)11/h2-6,9,12,16H,7H2,1H3. The number of nitrogens with zero attached hydrogens (tertiary/aromatic N) is 3. The zero-order valence-corrected chi connectivity index (χ0v) is 9.45. The van der Waals surface area contributed by atoms with Gasteiger partial charge in [0, 0.05) is 12.6 Å². The van der Waals surface area contributed by atoms with Gasteiger partial charge >= 0.3 is 0 Å². The molecule has 1 aliphatic rings. The number of aliphatic hydroxyl groups excluding tert-OH is 1. The fraction of sp³-hybridized carbons (Fsp3) is 0.333. The van der Waals surface area contributed by atoms with E-state index in [2.05, 4.69) is 10.3 Å². The monoisotopic (exact) mass is 231 g/mol. The van der Waals surface area contributed by atoms with Crippen LogP contribution in [0, 0.1) is 0 Å². The molecule has 2 unspecified atom stereocenters. The van der Waals surface area contributed by atoms with Crippen molar-refractivity contribution in [3.8, 4) is 5.75 Å². The number of aryl methyl sites for hydroxylation is 1. The van der Waals surface area contributed by atoms with Crippen LogP contribution < -0.4 is 4.74 Å². The molecule has 0 radical (unpaired) electrons. The van der Waals surface area contributed by atoms with Gasteiger partial charge < -0.3 is 9.84 Å². The first-order valence-electron chi connectivity index (χ1n) is 5.51. The van der Waals surface area contributed by atoms with Crippen LogP contribution in [0.25, 0.3) is 0 Å². The number of hydrogen-bond acceptors (Lipinski definition) is 4. The molecule has 1 N–H and O–H groups in total. The first kappa shape index (κ1) is 10.3. The van der Waals surface area contributed by atoms with Crippen LogP contribution in [0.2, 0.25) is 0 Å². The van der Waals surface area contributed by atoms with Crippen molar-refractivity contribution in [1.29, 1.82) is 0 Å². The van der Waals surface area contributed by atoms with Crippen molar-refractivity contribution in [1.82, 2.24) is 15.0 Å².